The zero-order valence-corrected chi connectivity index (χ0v) is 19.0. The number of aliphatic hydroxyl groups excluding tert-OH is 4. The Hall–Kier alpha value is -1.92. The number of aryl methyl sites for hydroxylation is 2. The van der Waals surface area contributed by atoms with Crippen LogP contribution >= 0.6 is 22.9 Å². The number of halogens is 1. The van der Waals surface area contributed by atoms with Crippen LogP contribution in [-0.4, -0.2) is 66.8 Å². The first-order valence-electron chi connectivity index (χ1n) is 10.2. The van der Waals surface area contributed by atoms with E-state index in [-0.39, 0.29) is 0 Å². The van der Waals surface area contributed by atoms with Crippen molar-refractivity contribution in [2.24, 2.45) is 0 Å². The lowest BCUT2D eigenvalue weighted by molar-refractivity contribution is -0.231. The topological polar surface area (TPSA) is 142 Å². The van der Waals surface area contributed by atoms with Gasteiger partial charge in [-0.25, -0.2) is 0 Å². The van der Waals surface area contributed by atoms with E-state index in [0.717, 1.165) is 26.8 Å². The summed E-state index contributed by atoms with van der Waals surface area (Å²) >= 11 is 7.82. The van der Waals surface area contributed by atoms with Crippen molar-refractivity contribution in [1.82, 2.24) is 15.4 Å². The van der Waals surface area contributed by atoms with Crippen LogP contribution in [0.25, 0.3) is 10.6 Å². The first kappa shape index (κ1) is 23.2. The summed E-state index contributed by atoms with van der Waals surface area (Å²) in [7, 11) is 0. The average molecular weight is 482 g/mol. The van der Waals surface area contributed by atoms with Crippen molar-refractivity contribution in [3.8, 4) is 10.6 Å². The van der Waals surface area contributed by atoms with Crippen LogP contribution in [0.2, 0.25) is 5.02 Å². The Bertz CT molecular complexity index is 1090. The number of ether oxygens (including phenoxy) is 1. The lowest BCUT2D eigenvalue weighted by Crippen LogP contribution is -2.55. The number of nitrogens with zero attached hydrogens (tertiary/aromatic N) is 3. The Kier molecular flexibility index (Phi) is 6.91. The molecule has 0 saturated carbocycles. The summed E-state index contributed by atoms with van der Waals surface area (Å²) < 4.78 is 10.9. The maximum absolute atomic E-state index is 10.4. The van der Waals surface area contributed by atoms with Crippen LogP contribution < -0.4 is 0 Å². The van der Waals surface area contributed by atoms with Crippen molar-refractivity contribution < 1.29 is 29.7 Å². The largest absolute Gasteiger partial charge is 0.394 e. The summed E-state index contributed by atoms with van der Waals surface area (Å²) in [5.41, 5.74) is 2.99. The molecule has 5 atom stereocenters. The van der Waals surface area contributed by atoms with Crippen molar-refractivity contribution in [2.45, 2.75) is 57.2 Å². The molecule has 0 radical (unpaired) electrons. The van der Waals surface area contributed by atoms with Crippen LogP contribution in [0.3, 0.4) is 0 Å². The third kappa shape index (κ3) is 4.32. The molecule has 0 amide bonds. The molecular weight excluding hydrogens is 458 g/mol. The maximum Gasteiger partial charge on any atom is 0.153 e. The Balaban J connectivity index is 1.59. The van der Waals surface area contributed by atoms with Gasteiger partial charge in [0.2, 0.25) is 0 Å². The smallest absolute Gasteiger partial charge is 0.153 e. The minimum Gasteiger partial charge on any atom is -0.394 e. The van der Waals surface area contributed by atoms with Gasteiger partial charge >= 0.3 is 0 Å². The van der Waals surface area contributed by atoms with Gasteiger partial charge in [-0.15, -0.1) is 10.2 Å². The first-order chi connectivity index (χ1) is 15.3. The summed E-state index contributed by atoms with van der Waals surface area (Å²) in [6.07, 6.45) is -5.02. The van der Waals surface area contributed by atoms with E-state index >= 15 is 0 Å². The fraction of sp³-hybridized carbons (Fsp3) is 0.476. The fourth-order valence-corrected chi connectivity index (χ4v) is 4.97. The number of aliphatic hydroxyl groups is 4. The van der Waals surface area contributed by atoms with Crippen molar-refractivity contribution >= 4 is 22.9 Å². The quantitative estimate of drug-likeness (QED) is 0.414. The van der Waals surface area contributed by atoms with Crippen molar-refractivity contribution in [3.63, 3.8) is 0 Å². The van der Waals surface area contributed by atoms with E-state index in [4.69, 9.17) is 20.9 Å². The van der Waals surface area contributed by atoms with Crippen LogP contribution in [0.15, 0.2) is 22.7 Å². The molecule has 1 aliphatic rings. The standard InChI is InChI=1S/C21H24ClN3O6S/c1-3-13-16(9(2)31-25-13)21-24-23-15(32-21)7-11-6-10(4-5-12(11)22)20-19(29)18(28)17(27)14(8-26)30-20/h4-6,14,17-20,26-29H,3,7-8H2,1-2H3/t14-,17-,18+,19-,20+/m1/s1. The van der Waals surface area contributed by atoms with E-state index < -0.39 is 37.1 Å². The molecule has 172 valence electrons. The van der Waals surface area contributed by atoms with Gasteiger partial charge in [-0.3, -0.25) is 0 Å². The van der Waals surface area contributed by atoms with E-state index in [0.29, 0.717) is 29.2 Å². The van der Waals surface area contributed by atoms with E-state index in [1.165, 1.54) is 11.3 Å². The lowest BCUT2D eigenvalue weighted by Gasteiger charge is -2.40. The highest BCUT2D eigenvalue weighted by atomic mass is 35.5. The molecule has 0 spiro atoms. The molecule has 0 aliphatic carbocycles. The molecule has 0 unspecified atom stereocenters. The predicted molar refractivity (Wildman–Crippen MR) is 116 cm³/mol. The van der Waals surface area contributed by atoms with Gasteiger partial charge in [-0.1, -0.05) is 47.2 Å². The minimum absolute atomic E-state index is 0.396. The Morgan fingerprint density at radius 3 is 2.62 bits per heavy atom. The van der Waals surface area contributed by atoms with Crippen molar-refractivity contribution in [3.05, 3.63) is 50.8 Å². The van der Waals surface area contributed by atoms with Crippen LogP contribution in [0, 0.1) is 6.92 Å². The average Bonchev–Trinajstić information content (AvgIpc) is 3.39. The molecule has 4 N–H and O–H groups in total. The summed E-state index contributed by atoms with van der Waals surface area (Å²) in [6, 6.07) is 5.12. The second-order valence-electron chi connectivity index (χ2n) is 7.69. The Morgan fingerprint density at radius 1 is 1.12 bits per heavy atom. The minimum atomic E-state index is -1.45. The van der Waals surface area contributed by atoms with Gasteiger partial charge in [0.25, 0.3) is 0 Å². The number of rotatable bonds is 6. The molecule has 2 aromatic heterocycles. The van der Waals surface area contributed by atoms with Gasteiger partial charge in [0.15, 0.2) is 5.01 Å². The van der Waals surface area contributed by atoms with Crippen molar-refractivity contribution in [2.75, 3.05) is 6.61 Å². The monoisotopic (exact) mass is 481 g/mol. The lowest BCUT2D eigenvalue weighted by atomic mass is 9.90. The molecule has 11 heteroatoms. The highest BCUT2D eigenvalue weighted by Gasteiger charge is 2.44. The second-order valence-corrected chi connectivity index (χ2v) is 9.16. The highest BCUT2D eigenvalue weighted by Crippen LogP contribution is 2.35. The highest BCUT2D eigenvalue weighted by molar-refractivity contribution is 7.14. The third-order valence-electron chi connectivity index (χ3n) is 5.58. The molecule has 32 heavy (non-hydrogen) atoms. The molecule has 4 rings (SSSR count). The third-order valence-corrected chi connectivity index (χ3v) is 6.89. The van der Waals surface area contributed by atoms with Gasteiger partial charge in [-0.05, 0) is 30.5 Å². The van der Waals surface area contributed by atoms with Gasteiger partial charge in [0.05, 0.1) is 17.9 Å². The Morgan fingerprint density at radius 2 is 1.91 bits per heavy atom. The molecule has 3 heterocycles. The predicted octanol–water partition coefficient (Wildman–Crippen LogP) is 1.82. The molecule has 0 bridgehead atoms. The number of hydrogen-bond donors (Lipinski definition) is 4. The summed E-state index contributed by atoms with van der Waals surface area (Å²) in [4.78, 5) is 0. The first-order valence-corrected chi connectivity index (χ1v) is 11.4. The zero-order valence-electron chi connectivity index (χ0n) is 17.5. The Labute approximate surface area is 193 Å². The normalized spacial score (nSPS) is 25.9. The molecule has 1 saturated heterocycles. The zero-order chi connectivity index (χ0) is 23.0. The molecule has 1 aliphatic heterocycles. The van der Waals surface area contributed by atoms with E-state index in [1.807, 2.05) is 13.8 Å². The number of aromatic nitrogens is 3. The molecule has 9 nitrogen and oxygen atoms in total. The van der Waals surface area contributed by atoms with Gasteiger partial charge in [-0.2, -0.15) is 0 Å². The van der Waals surface area contributed by atoms with Crippen LogP contribution in [0.4, 0.5) is 0 Å². The van der Waals surface area contributed by atoms with Gasteiger partial charge in [0.1, 0.15) is 41.3 Å². The summed E-state index contributed by atoms with van der Waals surface area (Å²) in [5.74, 6) is 0.687. The second kappa shape index (κ2) is 9.52. The number of benzene rings is 1. The molecular formula is C21H24ClN3O6S. The summed E-state index contributed by atoms with van der Waals surface area (Å²) in [5, 5.41) is 54.6. The van der Waals surface area contributed by atoms with Gasteiger partial charge in [0, 0.05) is 11.4 Å². The maximum atomic E-state index is 10.4. The van der Waals surface area contributed by atoms with E-state index in [9.17, 15) is 20.4 Å². The molecule has 3 aromatic rings. The molecule has 1 aromatic carbocycles. The molecule has 1 fully saturated rings. The van der Waals surface area contributed by atoms with E-state index in [1.54, 1.807) is 18.2 Å². The van der Waals surface area contributed by atoms with Crippen LogP contribution in [-0.2, 0) is 17.6 Å². The number of hydrogen-bond acceptors (Lipinski definition) is 10. The van der Waals surface area contributed by atoms with E-state index in [2.05, 4.69) is 15.4 Å². The fourth-order valence-electron chi connectivity index (χ4n) is 3.81. The van der Waals surface area contributed by atoms with Crippen molar-refractivity contribution in [1.29, 1.82) is 0 Å². The SMILES string of the molecule is CCc1noc(C)c1-c1nnc(Cc2cc([C@@H]3O[C@H](CO)[C@@H](O)[C@H](O)[C@H]3O)ccc2Cl)s1. The van der Waals surface area contributed by atoms with Crippen LogP contribution in [0.1, 0.15) is 40.6 Å². The van der Waals surface area contributed by atoms with Gasteiger partial charge < -0.3 is 29.7 Å². The van der Waals surface area contributed by atoms with Crippen LogP contribution in [0.5, 0.6) is 0 Å². The summed E-state index contributed by atoms with van der Waals surface area (Å²) in [6.45, 7) is 3.34.